The van der Waals surface area contributed by atoms with Gasteiger partial charge in [0.2, 0.25) is 0 Å². The molecule has 2 fully saturated rings. The normalized spacial score (nSPS) is 19.2. The maximum absolute atomic E-state index is 12.4. The Morgan fingerprint density at radius 3 is 2.55 bits per heavy atom. The van der Waals surface area contributed by atoms with Crippen LogP contribution in [0.25, 0.3) is 0 Å². The van der Waals surface area contributed by atoms with E-state index in [2.05, 4.69) is 27.0 Å². The summed E-state index contributed by atoms with van der Waals surface area (Å²) in [6.07, 6.45) is 4.53. The highest BCUT2D eigenvalue weighted by molar-refractivity contribution is 6.33. The average molecular weight is 584 g/mol. The molecule has 2 heterocycles. The van der Waals surface area contributed by atoms with Crippen LogP contribution < -0.4 is 15.0 Å². The van der Waals surface area contributed by atoms with Crippen LogP contribution in [0.3, 0.4) is 0 Å². The van der Waals surface area contributed by atoms with Gasteiger partial charge in [0.25, 0.3) is 5.91 Å². The van der Waals surface area contributed by atoms with E-state index in [0.717, 1.165) is 42.8 Å². The van der Waals surface area contributed by atoms with E-state index < -0.39 is 5.60 Å². The molecular formula is C31H36Cl2N4O3. The highest BCUT2D eigenvalue weighted by Crippen LogP contribution is 2.38. The number of amides is 1. The van der Waals surface area contributed by atoms with Crippen molar-refractivity contribution in [3.63, 3.8) is 0 Å². The Hall–Kier alpha value is -2.84. The molecule has 3 aromatic rings. The van der Waals surface area contributed by atoms with Gasteiger partial charge < -0.3 is 20.1 Å². The largest absolute Gasteiger partial charge is 0.494 e. The number of hydrogen-bond donors (Lipinski definition) is 2. The number of rotatable bonds is 10. The van der Waals surface area contributed by atoms with Gasteiger partial charge in [-0.15, -0.1) is 0 Å². The van der Waals surface area contributed by atoms with E-state index in [0.29, 0.717) is 47.5 Å². The van der Waals surface area contributed by atoms with Crippen molar-refractivity contribution < 1.29 is 14.6 Å². The number of anilines is 1. The van der Waals surface area contributed by atoms with Crippen LogP contribution in [0.5, 0.6) is 5.75 Å². The molecule has 5 rings (SSSR count). The SMILES string of the molecule is CCCOc1ccc(N2CCN(C[C@@](C)(O)c3ccc(C(=O)NC4CC4)cn3)C[C@H]2c2ccc(Cl)cc2)c(Cl)c1. The molecule has 2 aliphatic rings. The first-order valence-corrected chi connectivity index (χ1v) is 14.7. The third-order valence-electron chi connectivity index (χ3n) is 7.44. The molecule has 1 amide bonds. The van der Waals surface area contributed by atoms with Crippen molar-refractivity contribution in [1.29, 1.82) is 0 Å². The molecule has 212 valence electrons. The number of hydrogen-bond acceptors (Lipinski definition) is 6. The van der Waals surface area contributed by atoms with E-state index in [1.807, 2.05) is 42.5 Å². The second kappa shape index (κ2) is 12.4. The number of aromatic nitrogens is 1. The first kappa shape index (κ1) is 28.7. The number of piperazine rings is 1. The summed E-state index contributed by atoms with van der Waals surface area (Å²) < 4.78 is 5.78. The summed E-state index contributed by atoms with van der Waals surface area (Å²) in [6, 6.07) is 17.5. The van der Waals surface area contributed by atoms with E-state index in [-0.39, 0.29) is 18.0 Å². The number of β-amino-alcohol motifs (C(OH)–C–C–N with tert-alkyl or cyclic N) is 1. The van der Waals surface area contributed by atoms with Crippen LogP contribution in [-0.2, 0) is 5.60 Å². The van der Waals surface area contributed by atoms with Crippen molar-refractivity contribution in [3.8, 4) is 5.75 Å². The zero-order chi connectivity index (χ0) is 28.3. The van der Waals surface area contributed by atoms with E-state index in [4.69, 9.17) is 27.9 Å². The number of carbonyl (C=O) groups is 1. The van der Waals surface area contributed by atoms with Crippen LogP contribution in [0.15, 0.2) is 60.8 Å². The first-order chi connectivity index (χ1) is 19.2. The lowest BCUT2D eigenvalue weighted by Crippen LogP contribution is -2.52. The predicted molar refractivity (Wildman–Crippen MR) is 160 cm³/mol. The number of nitrogens with zero attached hydrogens (tertiary/aromatic N) is 3. The van der Waals surface area contributed by atoms with Crippen molar-refractivity contribution in [2.75, 3.05) is 37.7 Å². The van der Waals surface area contributed by atoms with Gasteiger partial charge in [-0.3, -0.25) is 14.7 Å². The smallest absolute Gasteiger partial charge is 0.253 e. The fourth-order valence-corrected chi connectivity index (χ4v) is 5.54. The second-order valence-electron chi connectivity index (χ2n) is 10.9. The van der Waals surface area contributed by atoms with Gasteiger partial charge in [-0.2, -0.15) is 0 Å². The summed E-state index contributed by atoms with van der Waals surface area (Å²) in [5.74, 6) is 0.642. The van der Waals surface area contributed by atoms with E-state index in [9.17, 15) is 9.90 Å². The number of pyridine rings is 1. The molecule has 0 radical (unpaired) electrons. The lowest BCUT2D eigenvalue weighted by molar-refractivity contribution is 0.00674. The Morgan fingerprint density at radius 1 is 1.12 bits per heavy atom. The van der Waals surface area contributed by atoms with Gasteiger partial charge in [0.1, 0.15) is 11.4 Å². The molecule has 7 nitrogen and oxygen atoms in total. The highest BCUT2D eigenvalue weighted by Gasteiger charge is 2.35. The van der Waals surface area contributed by atoms with Crippen LogP contribution in [-0.4, -0.2) is 59.7 Å². The Labute approximate surface area is 246 Å². The summed E-state index contributed by atoms with van der Waals surface area (Å²) in [7, 11) is 0. The van der Waals surface area contributed by atoms with Gasteiger partial charge in [0.05, 0.1) is 34.6 Å². The number of ether oxygens (including phenoxy) is 1. The molecule has 1 aliphatic carbocycles. The van der Waals surface area contributed by atoms with Crippen molar-refractivity contribution in [2.24, 2.45) is 0 Å². The molecular weight excluding hydrogens is 547 g/mol. The summed E-state index contributed by atoms with van der Waals surface area (Å²) in [4.78, 5) is 21.4. The Kier molecular flexibility index (Phi) is 8.86. The van der Waals surface area contributed by atoms with Crippen LogP contribution >= 0.6 is 23.2 Å². The number of aliphatic hydroxyl groups is 1. The standard InChI is InChI=1S/C31H36Cl2N4O3/c1-3-16-40-25-11-12-27(26(33)17-25)37-15-14-36(19-28(37)21-4-7-23(32)8-5-21)20-31(2,39)29-13-6-22(18-34-29)30(38)35-24-9-10-24/h4-8,11-13,17-18,24,28,39H,3,9-10,14-16,19-20H2,1-2H3,(H,35,38)/t28-,31+/m0/s1. The summed E-state index contributed by atoms with van der Waals surface area (Å²) in [6.45, 7) is 7.00. The summed E-state index contributed by atoms with van der Waals surface area (Å²) in [5.41, 5.74) is 1.89. The first-order valence-electron chi connectivity index (χ1n) is 13.9. The topological polar surface area (TPSA) is 77.9 Å². The molecule has 1 saturated heterocycles. The van der Waals surface area contributed by atoms with Gasteiger partial charge in [-0.05, 0) is 68.1 Å². The minimum atomic E-state index is -1.20. The van der Waals surface area contributed by atoms with Crippen LogP contribution in [0.2, 0.25) is 10.0 Å². The van der Waals surface area contributed by atoms with Gasteiger partial charge in [0, 0.05) is 49.5 Å². The van der Waals surface area contributed by atoms with Crippen molar-refractivity contribution in [1.82, 2.24) is 15.2 Å². The van der Waals surface area contributed by atoms with Crippen molar-refractivity contribution in [3.05, 3.63) is 87.7 Å². The maximum atomic E-state index is 12.4. The van der Waals surface area contributed by atoms with E-state index in [1.54, 1.807) is 25.3 Å². The molecule has 0 spiro atoms. The van der Waals surface area contributed by atoms with Gasteiger partial charge in [0.15, 0.2) is 0 Å². The lowest BCUT2D eigenvalue weighted by atomic mass is 9.97. The van der Waals surface area contributed by atoms with Crippen LogP contribution in [0, 0.1) is 0 Å². The fraction of sp³-hybridized carbons (Fsp3) is 0.419. The van der Waals surface area contributed by atoms with Gasteiger partial charge >= 0.3 is 0 Å². The third kappa shape index (κ3) is 6.89. The molecule has 1 aliphatic heterocycles. The van der Waals surface area contributed by atoms with Gasteiger partial charge in [-0.25, -0.2) is 0 Å². The van der Waals surface area contributed by atoms with Crippen LogP contribution in [0.1, 0.15) is 60.8 Å². The minimum Gasteiger partial charge on any atom is -0.494 e. The third-order valence-corrected chi connectivity index (χ3v) is 8.00. The fourth-order valence-electron chi connectivity index (χ4n) is 5.13. The number of halogens is 2. The Balaban J connectivity index is 1.33. The average Bonchev–Trinajstić information content (AvgIpc) is 3.76. The van der Waals surface area contributed by atoms with Crippen LogP contribution in [0.4, 0.5) is 5.69 Å². The molecule has 40 heavy (non-hydrogen) atoms. The summed E-state index contributed by atoms with van der Waals surface area (Å²) >= 11 is 13.0. The van der Waals surface area contributed by atoms with Crippen molar-refractivity contribution >= 4 is 34.8 Å². The molecule has 0 bridgehead atoms. The molecule has 0 unspecified atom stereocenters. The zero-order valence-electron chi connectivity index (χ0n) is 22.9. The molecule has 1 aromatic heterocycles. The van der Waals surface area contributed by atoms with Crippen molar-refractivity contribution in [2.45, 2.75) is 50.8 Å². The minimum absolute atomic E-state index is 0.0109. The zero-order valence-corrected chi connectivity index (χ0v) is 24.5. The predicted octanol–water partition coefficient (Wildman–Crippen LogP) is 5.84. The molecule has 2 aromatic carbocycles. The second-order valence-corrected chi connectivity index (χ2v) is 11.8. The lowest BCUT2D eigenvalue weighted by Gasteiger charge is -2.45. The number of benzene rings is 2. The number of carbonyl (C=O) groups excluding carboxylic acids is 1. The number of nitrogens with one attached hydrogen (secondary N) is 1. The highest BCUT2D eigenvalue weighted by atomic mass is 35.5. The quantitative estimate of drug-likeness (QED) is 0.312. The van der Waals surface area contributed by atoms with Gasteiger partial charge in [-0.1, -0.05) is 42.3 Å². The van der Waals surface area contributed by atoms with E-state index in [1.165, 1.54) is 0 Å². The Morgan fingerprint density at radius 2 is 1.90 bits per heavy atom. The van der Waals surface area contributed by atoms with E-state index >= 15 is 0 Å². The molecule has 2 N–H and O–H groups in total. The molecule has 9 heteroatoms. The monoisotopic (exact) mass is 582 g/mol. The molecule has 2 atom stereocenters. The summed E-state index contributed by atoms with van der Waals surface area (Å²) in [5, 5.41) is 15.8. The maximum Gasteiger partial charge on any atom is 0.253 e. The molecule has 1 saturated carbocycles. The Bertz CT molecular complexity index is 1310.